The van der Waals surface area contributed by atoms with Crippen LogP contribution in [-0.2, 0) is 4.74 Å². The van der Waals surface area contributed by atoms with E-state index in [1.54, 1.807) is 14.2 Å². The number of nitrogens with one attached hydrogen (secondary N) is 1. The fraction of sp³-hybridized carbons (Fsp3) is 0.611. The Morgan fingerprint density at radius 3 is 2.75 bits per heavy atom. The van der Waals surface area contributed by atoms with Crippen LogP contribution in [0.5, 0.6) is 11.5 Å². The van der Waals surface area contributed by atoms with E-state index in [0.717, 1.165) is 18.7 Å². The molecule has 3 fully saturated rings. The third kappa shape index (κ3) is 2.24. The molecule has 6 heteroatoms. The molecule has 4 rings (SSSR count). The monoisotopic (exact) mass is 331 g/mol. The van der Waals surface area contributed by atoms with Gasteiger partial charge in [0.1, 0.15) is 0 Å². The first kappa shape index (κ1) is 15.6. The lowest BCUT2D eigenvalue weighted by Crippen LogP contribution is -2.65. The number of benzene rings is 1. The van der Waals surface area contributed by atoms with Crippen molar-refractivity contribution in [2.75, 3.05) is 26.1 Å². The van der Waals surface area contributed by atoms with E-state index in [1.165, 1.54) is 19.3 Å². The quantitative estimate of drug-likeness (QED) is 0.654. The molecule has 0 bridgehead atoms. The van der Waals surface area contributed by atoms with Gasteiger partial charge in [0.05, 0.1) is 26.4 Å². The first-order valence-electron chi connectivity index (χ1n) is 8.62. The van der Waals surface area contributed by atoms with Crippen molar-refractivity contribution >= 4 is 11.6 Å². The summed E-state index contributed by atoms with van der Waals surface area (Å²) in [6.07, 6.45) is 5.22. The number of hydrogen-bond acceptors (Lipinski definition) is 4. The SMILES string of the molecule is COc1ccc(NC(N)=NC2C3CCOC3C23CCC3)cc1OC. The molecule has 24 heavy (non-hydrogen) atoms. The number of methoxy groups -OCH3 is 2. The summed E-state index contributed by atoms with van der Waals surface area (Å²) in [4.78, 5) is 4.82. The maximum Gasteiger partial charge on any atom is 0.193 e. The zero-order valence-electron chi connectivity index (χ0n) is 14.2. The second-order valence-electron chi connectivity index (χ2n) is 6.98. The molecule has 6 nitrogen and oxygen atoms in total. The molecular formula is C18H25N3O3. The van der Waals surface area contributed by atoms with Gasteiger partial charge in [0.2, 0.25) is 0 Å². The van der Waals surface area contributed by atoms with Crippen molar-refractivity contribution in [1.82, 2.24) is 0 Å². The summed E-state index contributed by atoms with van der Waals surface area (Å²) in [6, 6.07) is 5.92. The molecule has 1 aromatic carbocycles. The van der Waals surface area contributed by atoms with E-state index in [4.69, 9.17) is 24.9 Å². The van der Waals surface area contributed by atoms with Crippen LogP contribution in [-0.4, -0.2) is 38.9 Å². The van der Waals surface area contributed by atoms with Crippen molar-refractivity contribution in [3.8, 4) is 11.5 Å². The van der Waals surface area contributed by atoms with Gasteiger partial charge in [0.15, 0.2) is 17.5 Å². The number of rotatable bonds is 4. The lowest BCUT2D eigenvalue weighted by atomic mass is 9.46. The Morgan fingerprint density at radius 2 is 2.08 bits per heavy atom. The van der Waals surface area contributed by atoms with Gasteiger partial charge in [-0.25, -0.2) is 4.99 Å². The normalized spacial score (nSPS) is 30.2. The number of aliphatic imine (C=N–C) groups is 1. The second-order valence-corrected chi connectivity index (χ2v) is 6.98. The maximum absolute atomic E-state index is 6.19. The van der Waals surface area contributed by atoms with Crippen molar-refractivity contribution in [3.63, 3.8) is 0 Å². The van der Waals surface area contributed by atoms with E-state index in [0.29, 0.717) is 35.5 Å². The standard InChI is InChI=1S/C18H25N3O3/c1-22-13-5-4-11(10-14(13)23-2)20-17(19)21-15-12-6-9-24-16(12)18(15)7-3-8-18/h4-5,10,12,15-16H,3,6-9H2,1-2H3,(H3,19,20,21). The van der Waals surface area contributed by atoms with E-state index in [9.17, 15) is 0 Å². The van der Waals surface area contributed by atoms with Crippen LogP contribution in [0.25, 0.3) is 0 Å². The summed E-state index contributed by atoms with van der Waals surface area (Å²) >= 11 is 0. The molecular weight excluding hydrogens is 306 g/mol. The molecule has 0 amide bonds. The van der Waals surface area contributed by atoms with Crippen LogP contribution in [0.4, 0.5) is 5.69 Å². The van der Waals surface area contributed by atoms with Crippen LogP contribution in [0.3, 0.4) is 0 Å². The van der Waals surface area contributed by atoms with Gasteiger partial charge in [-0.3, -0.25) is 0 Å². The van der Waals surface area contributed by atoms with Gasteiger partial charge >= 0.3 is 0 Å². The summed E-state index contributed by atoms with van der Waals surface area (Å²) < 4.78 is 16.5. The lowest BCUT2D eigenvalue weighted by molar-refractivity contribution is -0.164. The minimum Gasteiger partial charge on any atom is -0.493 e. The van der Waals surface area contributed by atoms with Gasteiger partial charge in [-0.1, -0.05) is 6.42 Å². The third-order valence-corrected chi connectivity index (χ3v) is 5.92. The summed E-state index contributed by atoms with van der Waals surface area (Å²) in [5, 5.41) is 3.18. The van der Waals surface area contributed by atoms with Crippen molar-refractivity contribution in [1.29, 1.82) is 0 Å². The highest BCUT2D eigenvalue weighted by molar-refractivity contribution is 5.92. The van der Waals surface area contributed by atoms with Crippen LogP contribution in [0.1, 0.15) is 25.7 Å². The first-order valence-corrected chi connectivity index (χ1v) is 8.62. The minimum absolute atomic E-state index is 0.255. The Balaban J connectivity index is 1.50. The third-order valence-electron chi connectivity index (χ3n) is 5.92. The first-order chi connectivity index (χ1) is 11.7. The maximum atomic E-state index is 6.19. The predicted octanol–water partition coefficient (Wildman–Crippen LogP) is 2.39. The van der Waals surface area contributed by atoms with Crippen LogP contribution in [0.2, 0.25) is 0 Å². The van der Waals surface area contributed by atoms with Crippen molar-refractivity contribution in [2.24, 2.45) is 22.1 Å². The molecule has 0 radical (unpaired) electrons. The van der Waals surface area contributed by atoms with Gasteiger partial charge in [0.25, 0.3) is 0 Å². The van der Waals surface area contributed by atoms with E-state index in [-0.39, 0.29) is 5.41 Å². The van der Waals surface area contributed by atoms with E-state index < -0.39 is 0 Å². The average Bonchev–Trinajstić information content (AvgIpc) is 2.96. The zero-order chi connectivity index (χ0) is 16.7. The Morgan fingerprint density at radius 1 is 1.29 bits per heavy atom. The molecule has 3 atom stereocenters. The number of guanidine groups is 1. The molecule has 2 aliphatic carbocycles. The predicted molar refractivity (Wildman–Crippen MR) is 92.7 cm³/mol. The summed E-state index contributed by atoms with van der Waals surface area (Å²) in [5.74, 6) is 2.36. The smallest absolute Gasteiger partial charge is 0.193 e. The topological polar surface area (TPSA) is 78.1 Å². The van der Waals surface area contributed by atoms with Gasteiger partial charge in [-0.15, -0.1) is 0 Å². The second kappa shape index (κ2) is 5.84. The largest absolute Gasteiger partial charge is 0.493 e. The highest BCUT2D eigenvalue weighted by atomic mass is 16.5. The Kier molecular flexibility index (Phi) is 3.79. The molecule has 1 aromatic rings. The van der Waals surface area contributed by atoms with Crippen LogP contribution in [0.15, 0.2) is 23.2 Å². The minimum atomic E-state index is 0.255. The molecule has 130 valence electrons. The zero-order valence-corrected chi connectivity index (χ0v) is 14.2. The number of nitrogens with two attached hydrogens (primary N) is 1. The fourth-order valence-corrected chi connectivity index (χ4v) is 4.63. The van der Waals surface area contributed by atoms with Crippen molar-refractivity contribution < 1.29 is 14.2 Å². The fourth-order valence-electron chi connectivity index (χ4n) is 4.63. The van der Waals surface area contributed by atoms with Crippen molar-refractivity contribution in [2.45, 2.75) is 37.8 Å². The van der Waals surface area contributed by atoms with Gasteiger partial charge < -0.3 is 25.3 Å². The number of fused-ring (bicyclic) bond motifs is 2. The van der Waals surface area contributed by atoms with E-state index >= 15 is 0 Å². The Bertz CT molecular complexity index is 657. The van der Waals surface area contributed by atoms with Crippen LogP contribution in [0, 0.1) is 11.3 Å². The number of nitrogens with zero attached hydrogens (tertiary/aromatic N) is 1. The number of ether oxygens (including phenoxy) is 3. The molecule has 1 spiro atoms. The van der Waals surface area contributed by atoms with Gasteiger partial charge in [0, 0.05) is 29.7 Å². The molecule has 1 heterocycles. The number of anilines is 1. The molecule has 0 aromatic heterocycles. The summed E-state index contributed by atoms with van der Waals surface area (Å²) in [5.41, 5.74) is 7.28. The highest BCUT2D eigenvalue weighted by Crippen LogP contribution is 2.64. The average molecular weight is 331 g/mol. The van der Waals surface area contributed by atoms with Crippen LogP contribution >= 0.6 is 0 Å². The summed E-state index contributed by atoms with van der Waals surface area (Å²) in [6.45, 7) is 0.867. The lowest BCUT2D eigenvalue weighted by Gasteiger charge is -2.61. The molecule has 3 unspecified atom stereocenters. The highest BCUT2D eigenvalue weighted by Gasteiger charge is 2.66. The van der Waals surface area contributed by atoms with Crippen molar-refractivity contribution in [3.05, 3.63) is 18.2 Å². The molecule has 2 saturated carbocycles. The Labute approximate surface area is 142 Å². The van der Waals surface area contributed by atoms with Crippen LogP contribution < -0.4 is 20.5 Å². The molecule has 3 aliphatic rings. The molecule has 3 N–H and O–H groups in total. The van der Waals surface area contributed by atoms with E-state index in [1.807, 2.05) is 18.2 Å². The number of hydrogen-bond donors (Lipinski definition) is 2. The van der Waals surface area contributed by atoms with Gasteiger partial charge in [-0.05, 0) is 31.4 Å². The Hall–Kier alpha value is -1.95. The van der Waals surface area contributed by atoms with E-state index in [2.05, 4.69) is 5.32 Å². The molecule has 1 aliphatic heterocycles. The van der Waals surface area contributed by atoms with Gasteiger partial charge in [-0.2, -0.15) is 0 Å². The molecule has 1 saturated heterocycles. The summed E-state index contributed by atoms with van der Waals surface area (Å²) in [7, 11) is 3.24.